The molecule has 1 unspecified atom stereocenters. The van der Waals surface area contributed by atoms with E-state index >= 15 is 0 Å². The fraction of sp³-hybridized carbons (Fsp3) is 0.417. The zero-order valence-corrected chi connectivity index (χ0v) is 8.57. The van der Waals surface area contributed by atoms with E-state index in [1.807, 2.05) is 12.1 Å². The Morgan fingerprint density at radius 2 is 2.40 bits per heavy atom. The van der Waals surface area contributed by atoms with Crippen molar-refractivity contribution in [2.45, 2.75) is 25.3 Å². The van der Waals surface area contributed by atoms with Gasteiger partial charge in [0.2, 0.25) is 0 Å². The molecule has 1 fully saturated rings. The number of carbonyl (C=O) groups is 1. The Balaban J connectivity index is 2.07. The minimum Gasteiger partial charge on any atom is -0.478 e. The van der Waals surface area contributed by atoms with Gasteiger partial charge in [-0.25, -0.2) is 4.79 Å². The van der Waals surface area contributed by atoms with Crippen molar-refractivity contribution in [1.82, 2.24) is 5.32 Å². The van der Waals surface area contributed by atoms with E-state index in [2.05, 4.69) is 5.32 Å². The summed E-state index contributed by atoms with van der Waals surface area (Å²) in [5.74, 6) is -0.851. The fourth-order valence-electron chi connectivity index (χ4n) is 2.05. The minimum atomic E-state index is -0.851. The van der Waals surface area contributed by atoms with Crippen molar-refractivity contribution in [2.75, 3.05) is 6.54 Å². The van der Waals surface area contributed by atoms with Gasteiger partial charge in [0, 0.05) is 6.04 Å². The monoisotopic (exact) mass is 205 g/mol. The first-order chi connectivity index (χ1) is 7.25. The van der Waals surface area contributed by atoms with E-state index in [1.54, 1.807) is 12.1 Å². The van der Waals surface area contributed by atoms with Crippen LogP contribution in [0.2, 0.25) is 0 Å². The predicted octanol–water partition coefficient (Wildman–Crippen LogP) is 1.68. The molecule has 1 aliphatic heterocycles. The van der Waals surface area contributed by atoms with Gasteiger partial charge in [0.05, 0.1) is 5.56 Å². The molecule has 0 bridgehead atoms. The molecule has 0 spiro atoms. The predicted molar refractivity (Wildman–Crippen MR) is 58.1 cm³/mol. The summed E-state index contributed by atoms with van der Waals surface area (Å²) in [6.07, 6.45) is 3.35. The van der Waals surface area contributed by atoms with Crippen LogP contribution in [0.15, 0.2) is 24.3 Å². The Morgan fingerprint density at radius 3 is 3.07 bits per heavy atom. The van der Waals surface area contributed by atoms with Gasteiger partial charge in [0.1, 0.15) is 0 Å². The molecular weight excluding hydrogens is 190 g/mol. The van der Waals surface area contributed by atoms with Crippen molar-refractivity contribution >= 4 is 5.97 Å². The maximum absolute atomic E-state index is 10.8. The van der Waals surface area contributed by atoms with Crippen LogP contribution in [0.3, 0.4) is 0 Å². The van der Waals surface area contributed by atoms with Crippen molar-refractivity contribution in [1.29, 1.82) is 0 Å². The maximum Gasteiger partial charge on any atom is 0.335 e. The molecule has 1 saturated heterocycles. The van der Waals surface area contributed by atoms with E-state index < -0.39 is 5.97 Å². The van der Waals surface area contributed by atoms with Crippen molar-refractivity contribution in [3.8, 4) is 0 Å². The third kappa shape index (κ3) is 2.57. The maximum atomic E-state index is 10.8. The minimum absolute atomic E-state index is 0.380. The summed E-state index contributed by atoms with van der Waals surface area (Å²) in [5.41, 5.74) is 1.49. The summed E-state index contributed by atoms with van der Waals surface area (Å²) in [4.78, 5) is 10.8. The zero-order chi connectivity index (χ0) is 10.7. The van der Waals surface area contributed by atoms with E-state index in [0.717, 1.165) is 18.5 Å². The van der Waals surface area contributed by atoms with Gasteiger partial charge < -0.3 is 10.4 Å². The van der Waals surface area contributed by atoms with Gasteiger partial charge in [-0.3, -0.25) is 0 Å². The molecule has 3 nitrogen and oxygen atoms in total. The van der Waals surface area contributed by atoms with E-state index in [9.17, 15) is 4.79 Å². The summed E-state index contributed by atoms with van der Waals surface area (Å²) in [6, 6.07) is 7.73. The molecule has 1 heterocycles. The normalized spacial score (nSPS) is 20.4. The van der Waals surface area contributed by atoms with Gasteiger partial charge in [-0.15, -0.1) is 0 Å². The van der Waals surface area contributed by atoms with Crippen LogP contribution in [-0.4, -0.2) is 23.7 Å². The molecule has 0 saturated carbocycles. The molecule has 1 aromatic carbocycles. The number of rotatable bonds is 3. The molecular formula is C12H15NO2. The molecule has 3 heteroatoms. The Kier molecular flexibility index (Phi) is 3.02. The molecule has 1 atom stereocenters. The number of hydrogen-bond donors (Lipinski definition) is 2. The van der Waals surface area contributed by atoms with Crippen molar-refractivity contribution in [2.24, 2.45) is 0 Å². The van der Waals surface area contributed by atoms with Crippen LogP contribution >= 0.6 is 0 Å². The molecule has 80 valence electrons. The second-order valence-corrected chi connectivity index (χ2v) is 4.00. The average molecular weight is 205 g/mol. The molecule has 15 heavy (non-hydrogen) atoms. The SMILES string of the molecule is O=C(O)c1cccc(CC2CCCN2)c1. The Morgan fingerprint density at radius 1 is 1.53 bits per heavy atom. The van der Waals surface area contributed by atoms with Gasteiger partial charge in [0.25, 0.3) is 0 Å². The highest BCUT2D eigenvalue weighted by Crippen LogP contribution is 2.13. The summed E-state index contributed by atoms with van der Waals surface area (Å²) >= 11 is 0. The smallest absolute Gasteiger partial charge is 0.335 e. The molecule has 1 aliphatic rings. The standard InChI is InChI=1S/C12H15NO2/c14-12(15)10-4-1-3-9(7-10)8-11-5-2-6-13-11/h1,3-4,7,11,13H,2,5-6,8H2,(H,14,15). The Bertz CT molecular complexity index is 356. The number of hydrogen-bond acceptors (Lipinski definition) is 2. The second-order valence-electron chi connectivity index (χ2n) is 4.00. The third-order valence-electron chi connectivity index (χ3n) is 2.82. The van der Waals surface area contributed by atoms with Crippen LogP contribution in [-0.2, 0) is 6.42 Å². The van der Waals surface area contributed by atoms with Crippen LogP contribution in [0.1, 0.15) is 28.8 Å². The lowest BCUT2D eigenvalue weighted by Gasteiger charge is -2.10. The third-order valence-corrected chi connectivity index (χ3v) is 2.82. The first-order valence-corrected chi connectivity index (χ1v) is 5.31. The van der Waals surface area contributed by atoms with Crippen LogP contribution in [0.4, 0.5) is 0 Å². The topological polar surface area (TPSA) is 49.3 Å². The highest BCUT2D eigenvalue weighted by Gasteiger charge is 2.14. The van der Waals surface area contributed by atoms with Crippen LogP contribution < -0.4 is 5.32 Å². The van der Waals surface area contributed by atoms with Crippen molar-refractivity contribution < 1.29 is 9.90 Å². The number of carboxylic acid groups (broad SMARTS) is 1. The highest BCUT2D eigenvalue weighted by atomic mass is 16.4. The first kappa shape index (κ1) is 10.2. The fourth-order valence-corrected chi connectivity index (χ4v) is 2.05. The van der Waals surface area contributed by atoms with E-state index in [4.69, 9.17) is 5.11 Å². The van der Waals surface area contributed by atoms with E-state index in [1.165, 1.54) is 12.8 Å². The molecule has 0 aliphatic carbocycles. The van der Waals surface area contributed by atoms with Crippen LogP contribution in [0.5, 0.6) is 0 Å². The molecule has 0 radical (unpaired) electrons. The lowest BCUT2D eigenvalue weighted by molar-refractivity contribution is 0.0696. The Hall–Kier alpha value is -1.35. The van der Waals surface area contributed by atoms with Gasteiger partial charge in [-0.2, -0.15) is 0 Å². The summed E-state index contributed by atoms with van der Waals surface area (Å²) < 4.78 is 0. The molecule has 1 aromatic rings. The van der Waals surface area contributed by atoms with E-state index in [-0.39, 0.29) is 0 Å². The molecule has 2 rings (SSSR count). The number of nitrogens with one attached hydrogen (secondary N) is 1. The molecule has 2 N–H and O–H groups in total. The lowest BCUT2D eigenvalue weighted by atomic mass is 10.0. The summed E-state index contributed by atoms with van der Waals surface area (Å²) in [6.45, 7) is 1.09. The van der Waals surface area contributed by atoms with Gasteiger partial charge in [-0.05, 0) is 43.5 Å². The van der Waals surface area contributed by atoms with Crippen molar-refractivity contribution in [3.05, 3.63) is 35.4 Å². The zero-order valence-electron chi connectivity index (χ0n) is 8.57. The highest BCUT2D eigenvalue weighted by molar-refractivity contribution is 5.87. The van der Waals surface area contributed by atoms with E-state index in [0.29, 0.717) is 11.6 Å². The van der Waals surface area contributed by atoms with Crippen LogP contribution in [0.25, 0.3) is 0 Å². The largest absolute Gasteiger partial charge is 0.478 e. The summed E-state index contributed by atoms with van der Waals surface area (Å²) in [5, 5.41) is 12.3. The molecule has 0 amide bonds. The van der Waals surface area contributed by atoms with Crippen molar-refractivity contribution in [3.63, 3.8) is 0 Å². The number of aromatic carboxylic acids is 1. The molecule has 0 aromatic heterocycles. The summed E-state index contributed by atoms with van der Waals surface area (Å²) in [7, 11) is 0. The first-order valence-electron chi connectivity index (χ1n) is 5.31. The number of benzene rings is 1. The number of carboxylic acids is 1. The second kappa shape index (κ2) is 4.45. The quantitative estimate of drug-likeness (QED) is 0.789. The Labute approximate surface area is 89.1 Å². The van der Waals surface area contributed by atoms with Gasteiger partial charge in [-0.1, -0.05) is 12.1 Å². The average Bonchev–Trinajstić information content (AvgIpc) is 2.71. The van der Waals surface area contributed by atoms with Gasteiger partial charge in [0.15, 0.2) is 0 Å². The lowest BCUT2D eigenvalue weighted by Crippen LogP contribution is -2.23. The van der Waals surface area contributed by atoms with Gasteiger partial charge >= 0.3 is 5.97 Å². The van der Waals surface area contributed by atoms with Crippen LogP contribution in [0, 0.1) is 0 Å².